The van der Waals surface area contributed by atoms with Gasteiger partial charge in [-0.15, -0.1) is 0 Å². The van der Waals surface area contributed by atoms with Crippen LogP contribution in [0.5, 0.6) is 0 Å². The lowest BCUT2D eigenvalue weighted by Gasteiger charge is -2.21. The summed E-state index contributed by atoms with van der Waals surface area (Å²) in [5, 5.41) is 3.40. The number of hydrogen-bond donors (Lipinski definition) is 1. The van der Waals surface area contributed by atoms with E-state index in [2.05, 4.69) is 50.4 Å². The van der Waals surface area contributed by atoms with Crippen LogP contribution in [-0.4, -0.2) is 7.05 Å². The van der Waals surface area contributed by atoms with Gasteiger partial charge in [0, 0.05) is 12.5 Å². The summed E-state index contributed by atoms with van der Waals surface area (Å²) in [5.74, 6) is 1.05. The highest BCUT2D eigenvalue weighted by Gasteiger charge is 2.15. The smallest absolute Gasteiger partial charge is 0.103 e. The Labute approximate surface area is 122 Å². The van der Waals surface area contributed by atoms with Crippen LogP contribution in [0.3, 0.4) is 0 Å². The first-order valence-corrected chi connectivity index (χ1v) is 7.31. The van der Waals surface area contributed by atoms with Gasteiger partial charge < -0.3 is 9.73 Å². The van der Waals surface area contributed by atoms with E-state index in [1.54, 1.807) is 6.26 Å². The Morgan fingerprint density at radius 2 is 1.80 bits per heavy atom. The molecule has 0 saturated carbocycles. The first-order valence-electron chi connectivity index (χ1n) is 7.31. The van der Waals surface area contributed by atoms with Gasteiger partial charge in [0.15, 0.2) is 0 Å². The van der Waals surface area contributed by atoms with Gasteiger partial charge in [-0.25, -0.2) is 0 Å². The second-order valence-corrected chi connectivity index (χ2v) is 6.33. The third kappa shape index (κ3) is 3.73. The first-order chi connectivity index (χ1) is 9.50. The highest BCUT2D eigenvalue weighted by Crippen LogP contribution is 2.25. The number of benzene rings is 1. The second kappa shape index (κ2) is 6.27. The SMILES string of the molecule is CNC(CCc1ccco1)c1ccc(C(C)(C)C)cc1. The van der Waals surface area contributed by atoms with Gasteiger partial charge in [0.25, 0.3) is 0 Å². The molecule has 1 aromatic heterocycles. The predicted molar refractivity (Wildman–Crippen MR) is 84.0 cm³/mol. The highest BCUT2D eigenvalue weighted by atomic mass is 16.3. The van der Waals surface area contributed by atoms with E-state index in [0.29, 0.717) is 6.04 Å². The zero-order valence-corrected chi connectivity index (χ0v) is 12.9. The fourth-order valence-electron chi connectivity index (χ4n) is 2.43. The van der Waals surface area contributed by atoms with Gasteiger partial charge in [0.2, 0.25) is 0 Å². The van der Waals surface area contributed by atoms with Crippen LogP contribution in [0.25, 0.3) is 0 Å². The van der Waals surface area contributed by atoms with Crippen molar-refractivity contribution in [2.75, 3.05) is 7.05 Å². The van der Waals surface area contributed by atoms with E-state index >= 15 is 0 Å². The van der Waals surface area contributed by atoms with Crippen LogP contribution in [0, 0.1) is 0 Å². The van der Waals surface area contributed by atoms with Crippen LogP contribution in [0.4, 0.5) is 0 Å². The Hall–Kier alpha value is -1.54. The molecule has 108 valence electrons. The molecule has 2 rings (SSSR count). The van der Waals surface area contributed by atoms with Gasteiger partial charge in [-0.2, -0.15) is 0 Å². The Bertz CT molecular complexity index is 505. The van der Waals surface area contributed by atoms with Crippen molar-refractivity contribution in [2.45, 2.75) is 45.1 Å². The standard InChI is InChI=1S/C18H25NO/c1-18(2,3)15-9-7-14(8-10-15)17(19-4)12-11-16-6-5-13-20-16/h5-10,13,17,19H,11-12H2,1-4H3. The number of aryl methyl sites for hydroxylation is 1. The van der Waals surface area contributed by atoms with Crippen LogP contribution in [-0.2, 0) is 11.8 Å². The molecule has 0 aliphatic heterocycles. The van der Waals surface area contributed by atoms with Crippen molar-refractivity contribution in [3.8, 4) is 0 Å². The van der Waals surface area contributed by atoms with E-state index in [4.69, 9.17) is 4.42 Å². The molecule has 2 heteroatoms. The van der Waals surface area contributed by atoms with Gasteiger partial charge in [0.1, 0.15) is 5.76 Å². The fourth-order valence-corrected chi connectivity index (χ4v) is 2.43. The molecule has 1 unspecified atom stereocenters. The summed E-state index contributed by atoms with van der Waals surface area (Å²) in [6.45, 7) is 6.73. The lowest BCUT2D eigenvalue weighted by Crippen LogP contribution is -2.18. The van der Waals surface area contributed by atoms with Crippen LogP contribution >= 0.6 is 0 Å². The molecule has 20 heavy (non-hydrogen) atoms. The minimum Gasteiger partial charge on any atom is -0.469 e. The molecule has 0 spiro atoms. The third-order valence-corrected chi connectivity index (χ3v) is 3.79. The molecule has 1 atom stereocenters. The summed E-state index contributed by atoms with van der Waals surface area (Å²) < 4.78 is 5.40. The molecule has 2 aromatic rings. The summed E-state index contributed by atoms with van der Waals surface area (Å²) in [7, 11) is 2.02. The molecule has 0 fully saturated rings. The summed E-state index contributed by atoms with van der Waals surface area (Å²) in [6, 6.07) is 13.3. The summed E-state index contributed by atoms with van der Waals surface area (Å²) in [4.78, 5) is 0. The Balaban J connectivity index is 2.04. The quantitative estimate of drug-likeness (QED) is 0.868. The van der Waals surface area contributed by atoms with Crippen molar-refractivity contribution < 1.29 is 4.42 Å². The molecule has 0 saturated heterocycles. The maximum absolute atomic E-state index is 5.40. The maximum atomic E-state index is 5.40. The van der Waals surface area contributed by atoms with Crippen molar-refractivity contribution in [3.05, 3.63) is 59.5 Å². The predicted octanol–water partition coefficient (Wildman–Crippen LogP) is 4.47. The summed E-state index contributed by atoms with van der Waals surface area (Å²) in [6.07, 6.45) is 3.74. The average Bonchev–Trinajstić information content (AvgIpc) is 2.92. The third-order valence-electron chi connectivity index (χ3n) is 3.79. The number of hydrogen-bond acceptors (Lipinski definition) is 2. The molecular formula is C18H25NO. The van der Waals surface area contributed by atoms with Gasteiger partial charge in [0.05, 0.1) is 6.26 Å². The largest absolute Gasteiger partial charge is 0.469 e. The van der Waals surface area contributed by atoms with Crippen LogP contribution in [0.15, 0.2) is 47.1 Å². The minimum atomic E-state index is 0.210. The zero-order chi connectivity index (χ0) is 14.6. The molecule has 0 aliphatic carbocycles. The topological polar surface area (TPSA) is 25.2 Å². The Morgan fingerprint density at radius 3 is 2.30 bits per heavy atom. The average molecular weight is 271 g/mol. The van der Waals surface area contributed by atoms with Crippen molar-refractivity contribution in [1.29, 1.82) is 0 Å². The van der Waals surface area contributed by atoms with E-state index in [9.17, 15) is 0 Å². The summed E-state index contributed by atoms with van der Waals surface area (Å²) in [5.41, 5.74) is 2.93. The van der Waals surface area contributed by atoms with Gasteiger partial charge >= 0.3 is 0 Å². The Kier molecular flexibility index (Phi) is 4.66. The molecule has 2 nitrogen and oxygen atoms in total. The van der Waals surface area contributed by atoms with Gasteiger partial charge in [-0.05, 0) is 42.1 Å². The lowest BCUT2D eigenvalue weighted by atomic mass is 9.86. The monoisotopic (exact) mass is 271 g/mol. The van der Waals surface area contributed by atoms with Crippen molar-refractivity contribution in [1.82, 2.24) is 5.32 Å². The van der Waals surface area contributed by atoms with E-state index in [1.807, 2.05) is 19.2 Å². The van der Waals surface area contributed by atoms with E-state index in [1.165, 1.54) is 11.1 Å². The van der Waals surface area contributed by atoms with Crippen molar-refractivity contribution in [3.63, 3.8) is 0 Å². The lowest BCUT2D eigenvalue weighted by molar-refractivity contribution is 0.469. The van der Waals surface area contributed by atoms with E-state index < -0.39 is 0 Å². The highest BCUT2D eigenvalue weighted by molar-refractivity contribution is 5.29. The van der Waals surface area contributed by atoms with Crippen LogP contribution < -0.4 is 5.32 Å². The zero-order valence-electron chi connectivity index (χ0n) is 12.9. The van der Waals surface area contributed by atoms with Crippen LogP contribution in [0.2, 0.25) is 0 Å². The maximum Gasteiger partial charge on any atom is 0.103 e. The van der Waals surface area contributed by atoms with Crippen molar-refractivity contribution in [2.24, 2.45) is 0 Å². The Morgan fingerprint density at radius 1 is 1.10 bits per heavy atom. The molecule has 0 radical (unpaired) electrons. The minimum absolute atomic E-state index is 0.210. The number of nitrogens with one attached hydrogen (secondary N) is 1. The van der Waals surface area contributed by atoms with Gasteiger partial charge in [-0.1, -0.05) is 45.0 Å². The van der Waals surface area contributed by atoms with Crippen LogP contribution in [0.1, 0.15) is 50.1 Å². The molecular weight excluding hydrogens is 246 g/mol. The summed E-state index contributed by atoms with van der Waals surface area (Å²) >= 11 is 0. The van der Waals surface area contributed by atoms with Crippen molar-refractivity contribution >= 4 is 0 Å². The van der Waals surface area contributed by atoms with E-state index in [0.717, 1.165) is 18.6 Å². The first kappa shape index (κ1) is 14.9. The molecule has 1 N–H and O–H groups in total. The normalized spacial score (nSPS) is 13.4. The fraction of sp³-hybridized carbons (Fsp3) is 0.444. The molecule has 1 heterocycles. The second-order valence-electron chi connectivity index (χ2n) is 6.33. The molecule has 0 amide bonds. The van der Waals surface area contributed by atoms with E-state index in [-0.39, 0.29) is 5.41 Å². The molecule has 0 aliphatic rings. The van der Waals surface area contributed by atoms with Gasteiger partial charge in [-0.3, -0.25) is 0 Å². The molecule has 1 aromatic carbocycles. The molecule has 0 bridgehead atoms. The number of rotatable bonds is 5. The number of furan rings is 1.